The van der Waals surface area contributed by atoms with Crippen molar-refractivity contribution >= 4 is 22.4 Å². The van der Waals surface area contributed by atoms with Gasteiger partial charge < -0.3 is 5.73 Å². The molecule has 2 nitrogen and oxygen atoms in total. The predicted molar refractivity (Wildman–Crippen MR) is 43.5 cm³/mol. The van der Waals surface area contributed by atoms with E-state index in [-0.39, 0.29) is 0 Å². The Morgan fingerprint density at radius 3 is 2.80 bits per heavy atom. The van der Waals surface area contributed by atoms with Crippen LogP contribution in [0.5, 0.6) is 0 Å². The summed E-state index contributed by atoms with van der Waals surface area (Å²) in [5.74, 6) is 0. The SMILES string of the molecule is C=Cc1cc(C#N)c(N)s1. The van der Waals surface area contributed by atoms with Crippen molar-refractivity contribution in [3.05, 3.63) is 23.1 Å². The highest BCUT2D eigenvalue weighted by molar-refractivity contribution is 7.17. The average Bonchev–Trinajstić information content (AvgIpc) is 2.30. The summed E-state index contributed by atoms with van der Waals surface area (Å²) in [5.41, 5.74) is 6.02. The van der Waals surface area contributed by atoms with Gasteiger partial charge in [-0.05, 0) is 6.07 Å². The molecular formula is C7H6N2S. The Morgan fingerprint density at radius 2 is 2.50 bits per heavy atom. The molecule has 0 radical (unpaired) electrons. The van der Waals surface area contributed by atoms with Crippen molar-refractivity contribution in [2.75, 3.05) is 5.73 Å². The number of nitriles is 1. The third kappa shape index (κ3) is 1.02. The van der Waals surface area contributed by atoms with Crippen LogP contribution in [0.1, 0.15) is 10.4 Å². The molecule has 0 saturated carbocycles. The lowest BCUT2D eigenvalue weighted by atomic mass is 10.3. The van der Waals surface area contributed by atoms with Crippen LogP contribution in [0.4, 0.5) is 5.00 Å². The van der Waals surface area contributed by atoms with E-state index in [2.05, 4.69) is 6.58 Å². The summed E-state index contributed by atoms with van der Waals surface area (Å²) in [7, 11) is 0. The Hall–Kier alpha value is -1.27. The van der Waals surface area contributed by atoms with E-state index in [0.717, 1.165) is 4.88 Å². The molecule has 0 aliphatic rings. The van der Waals surface area contributed by atoms with E-state index in [1.807, 2.05) is 6.07 Å². The molecule has 1 aromatic heterocycles. The fraction of sp³-hybridized carbons (Fsp3) is 0. The monoisotopic (exact) mass is 150 g/mol. The molecule has 1 aromatic rings. The predicted octanol–water partition coefficient (Wildman–Crippen LogP) is 1.84. The smallest absolute Gasteiger partial charge is 0.104 e. The molecule has 1 heterocycles. The number of hydrogen-bond acceptors (Lipinski definition) is 3. The van der Waals surface area contributed by atoms with Crippen LogP contribution in [0.3, 0.4) is 0 Å². The van der Waals surface area contributed by atoms with Crippen LogP contribution < -0.4 is 5.73 Å². The van der Waals surface area contributed by atoms with E-state index in [9.17, 15) is 0 Å². The third-order valence-electron chi connectivity index (χ3n) is 1.10. The standard InChI is InChI=1S/C7H6N2S/c1-2-6-3-5(4-8)7(9)10-6/h2-3H,1,9H2. The second-order valence-electron chi connectivity index (χ2n) is 1.74. The second kappa shape index (κ2) is 2.54. The topological polar surface area (TPSA) is 49.8 Å². The molecule has 0 bridgehead atoms. The molecule has 2 N–H and O–H groups in total. The maximum Gasteiger partial charge on any atom is 0.104 e. The van der Waals surface area contributed by atoms with Gasteiger partial charge in [-0.15, -0.1) is 11.3 Å². The first-order chi connectivity index (χ1) is 4.77. The van der Waals surface area contributed by atoms with E-state index in [1.165, 1.54) is 11.3 Å². The van der Waals surface area contributed by atoms with Gasteiger partial charge >= 0.3 is 0 Å². The minimum atomic E-state index is 0.542. The first kappa shape index (κ1) is 6.84. The quantitative estimate of drug-likeness (QED) is 0.664. The van der Waals surface area contributed by atoms with E-state index < -0.39 is 0 Å². The maximum atomic E-state index is 8.47. The van der Waals surface area contributed by atoms with E-state index in [0.29, 0.717) is 10.6 Å². The third-order valence-corrected chi connectivity index (χ3v) is 2.06. The number of nitrogens with two attached hydrogens (primary N) is 1. The van der Waals surface area contributed by atoms with Crippen LogP contribution in [0, 0.1) is 11.3 Å². The molecule has 0 atom stereocenters. The Balaban J connectivity index is 3.19. The van der Waals surface area contributed by atoms with Gasteiger partial charge in [0.25, 0.3) is 0 Å². The van der Waals surface area contributed by atoms with Crippen molar-refractivity contribution in [2.24, 2.45) is 0 Å². The fourth-order valence-electron chi connectivity index (χ4n) is 0.613. The molecule has 0 aliphatic carbocycles. The maximum absolute atomic E-state index is 8.47. The molecule has 0 aliphatic heterocycles. The largest absolute Gasteiger partial charge is 0.389 e. The van der Waals surface area contributed by atoms with Crippen LogP contribution in [0.15, 0.2) is 12.6 Å². The van der Waals surface area contributed by atoms with Crippen molar-refractivity contribution < 1.29 is 0 Å². The lowest BCUT2D eigenvalue weighted by Gasteiger charge is -1.78. The van der Waals surface area contributed by atoms with Gasteiger partial charge in [0.05, 0.1) is 5.56 Å². The summed E-state index contributed by atoms with van der Waals surface area (Å²) >= 11 is 1.38. The van der Waals surface area contributed by atoms with Crippen molar-refractivity contribution in [1.82, 2.24) is 0 Å². The number of hydrogen-bond donors (Lipinski definition) is 1. The van der Waals surface area contributed by atoms with Gasteiger partial charge in [0.1, 0.15) is 11.1 Å². The van der Waals surface area contributed by atoms with E-state index in [1.54, 1.807) is 12.1 Å². The second-order valence-corrected chi connectivity index (χ2v) is 2.86. The zero-order valence-electron chi connectivity index (χ0n) is 5.29. The van der Waals surface area contributed by atoms with Crippen LogP contribution >= 0.6 is 11.3 Å². The van der Waals surface area contributed by atoms with Crippen LogP contribution in [-0.2, 0) is 0 Å². The highest BCUT2D eigenvalue weighted by atomic mass is 32.1. The van der Waals surface area contributed by atoms with Gasteiger partial charge in [-0.1, -0.05) is 12.7 Å². The highest BCUT2D eigenvalue weighted by Gasteiger charge is 2.01. The summed E-state index contributed by atoms with van der Waals surface area (Å²) in [6, 6.07) is 3.72. The number of nitrogen functional groups attached to an aromatic ring is 1. The zero-order valence-corrected chi connectivity index (χ0v) is 6.11. The minimum absolute atomic E-state index is 0.542. The number of rotatable bonds is 1. The van der Waals surface area contributed by atoms with Crippen molar-refractivity contribution in [3.8, 4) is 6.07 Å². The normalized spacial score (nSPS) is 8.70. The number of nitrogens with zero attached hydrogens (tertiary/aromatic N) is 1. The highest BCUT2D eigenvalue weighted by Crippen LogP contribution is 2.24. The molecule has 0 unspecified atom stereocenters. The summed E-state index contributed by atoms with van der Waals surface area (Å²) in [6.45, 7) is 3.57. The molecule has 50 valence electrons. The van der Waals surface area contributed by atoms with Crippen LogP contribution in [-0.4, -0.2) is 0 Å². The van der Waals surface area contributed by atoms with Crippen LogP contribution in [0.2, 0.25) is 0 Å². The Labute approximate surface area is 63.2 Å². The van der Waals surface area contributed by atoms with Gasteiger partial charge in [0.2, 0.25) is 0 Å². The fourth-order valence-corrected chi connectivity index (χ4v) is 1.34. The van der Waals surface area contributed by atoms with Gasteiger partial charge in [0.15, 0.2) is 0 Å². The Kier molecular flexibility index (Phi) is 1.74. The van der Waals surface area contributed by atoms with Crippen molar-refractivity contribution in [3.63, 3.8) is 0 Å². The lowest BCUT2D eigenvalue weighted by Crippen LogP contribution is -1.80. The zero-order chi connectivity index (χ0) is 7.56. The first-order valence-corrected chi connectivity index (χ1v) is 3.51. The lowest BCUT2D eigenvalue weighted by molar-refractivity contribution is 1.51. The summed E-state index contributed by atoms with van der Waals surface area (Å²) < 4.78 is 0. The summed E-state index contributed by atoms with van der Waals surface area (Å²) in [6.07, 6.45) is 1.68. The molecule has 3 heteroatoms. The van der Waals surface area contributed by atoms with Gasteiger partial charge in [-0.2, -0.15) is 5.26 Å². The van der Waals surface area contributed by atoms with Crippen LogP contribution in [0.25, 0.3) is 6.08 Å². The molecule has 1 rings (SSSR count). The molecule has 0 amide bonds. The van der Waals surface area contributed by atoms with Crippen molar-refractivity contribution in [1.29, 1.82) is 5.26 Å². The molecule has 0 fully saturated rings. The summed E-state index contributed by atoms with van der Waals surface area (Å²) in [4.78, 5) is 0.939. The molecule has 0 spiro atoms. The van der Waals surface area contributed by atoms with Gasteiger partial charge in [-0.25, -0.2) is 0 Å². The summed E-state index contributed by atoms with van der Waals surface area (Å²) in [5, 5.41) is 9.04. The molecule has 10 heavy (non-hydrogen) atoms. The molecule has 0 saturated heterocycles. The molecular weight excluding hydrogens is 144 g/mol. The van der Waals surface area contributed by atoms with Crippen molar-refractivity contribution in [2.45, 2.75) is 0 Å². The van der Waals surface area contributed by atoms with E-state index >= 15 is 0 Å². The van der Waals surface area contributed by atoms with Gasteiger partial charge in [-0.3, -0.25) is 0 Å². The van der Waals surface area contributed by atoms with E-state index in [4.69, 9.17) is 11.0 Å². The minimum Gasteiger partial charge on any atom is -0.389 e. The van der Waals surface area contributed by atoms with Gasteiger partial charge in [0, 0.05) is 4.88 Å². The first-order valence-electron chi connectivity index (χ1n) is 2.69. The Morgan fingerprint density at radius 1 is 1.80 bits per heavy atom. The Bertz CT molecular complexity index is 293. The molecule has 0 aromatic carbocycles. The number of anilines is 1. The average molecular weight is 150 g/mol. The number of thiophene rings is 1.